The molecule has 0 unspecified atom stereocenters. The topological polar surface area (TPSA) is 41.8 Å². The molecule has 0 heterocycles. The SMILES string of the molecule is COc1ccc(C(=NO)[c-]2cccc2)cc1.[Fe+2].c1cc[cH-]c1. The largest absolute Gasteiger partial charge is 2.00 e. The first kappa shape index (κ1) is 17.8. The average molecular weight is 335 g/mol. The normalized spacial score (nSPS) is 10.1. The van der Waals surface area contributed by atoms with Crippen LogP contribution < -0.4 is 4.74 Å². The molecule has 114 valence electrons. The van der Waals surface area contributed by atoms with E-state index >= 15 is 0 Å². The summed E-state index contributed by atoms with van der Waals surface area (Å²) >= 11 is 0. The van der Waals surface area contributed by atoms with E-state index in [2.05, 4.69) is 5.16 Å². The zero-order valence-electron chi connectivity index (χ0n) is 12.2. The Bertz CT molecular complexity index is 624. The molecule has 0 aliphatic heterocycles. The molecule has 0 fully saturated rings. The number of nitrogens with zero attached hydrogens (tertiary/aromatic N) is 1. The van der Waals surface area contributed by atoms with Crippen LogP contribution in [0, 0.1) is 0 Å². The Kier molecular flexibility index (Phi) is 7.76. The van der Waals surface area contributed by atoms with Crippen LogP contribution in [-0.2, 0) is 17.1 Å². The Morgan fingerprint density at radius 1 is 1.05 bits per heavy atom. The van der Waals surface area contributed by atoms with E-state index in [0.717, 1.165) is 16.9 Å². The maximum atomic E-state index is 9.03. The van der Waals surface area contributed by atoms with E-state index in [-0.39, 0.29) is 17.1 Å². The molecule has 0 saturated carbocycles. The summed E-state index contributed by atoms with van der Waals surface area (Å²) < 4.78 is 5.07. The van der Waals surface area contributed by atoms with Crippen LogP contribution in [0.25, 0.3) is 0 Å². The third kappa shape index (κ3) is 4.92. The van der Waals surface area contributed by atoms with Gasteiger partial charge in [-0.05, 0) is 12.1 Å². The van der Waals surface area contributed by atoms with Gasteiger partial charge < -0.3 is 9.94 Å². The van der Waals surface area contributed by atoms with E-state index in [0.29, 0.717) is 5.71 Å². The van der Waals surface area contributed by atoms with Gasteiger partial charge in [0.15, 0.2) is 0 Å². The number of methoxy groups -OCH3 is 1. The minimum Gasteiger partial charge on any atom is -0.497 e. The van der Waals surface area contributed by atoms with Crippen molar-refractivity contribution < 1.29 is 27.0 Å². The third-order valence-electron chi connectivity index (χ3n) is 2.96. The Hall–Kier alpha value is -2.29. The van der Waals surface area contributed by atoms with Gasteiger partial charge in [0.25, 0.3) is 0 Å². The molecule has 4 heteroatoms. The van der Waals surface area contributed by atoms with E-state index in [4.69, 9.17) is 9.94 Å². The summed E-state index contributed by atoms with van der Waals surface area (Å²) in [5, 5.41) is 12.4. The Morgan fingerprint density at radius 2 is 1.64 bits per heavy atom. The molecule has 0 aliphatic rings. The van der Waals surface area contributed by atoms with Crippen molar-refractivity contribution in [2.75, 3.05) is 7.11 Å². The van der Waals surface area contributed by atoms with Gasteiger partial charge >= 0.3 is 17.1 Å². The van der Waals surface area contributed by atoms with E-state index in [1.807, 2.05) is 78.9 Å². The first-order valence-corrected chi connectivity index (χ1v) is 6.60. The minimum atomic E-state index is 0. The van der Waals surface area contributed by atoms with Gasteiger partial charge in [-0.25, -0.2) is 12.1 Å². The molecule has 0 radical (unpaired) electrons. The van der Waals surface area contributed by atoms with Gasteiger partial charge in [-0.3, -0.25) is 0 Å². The molecule has 0 aromatic heterocycles. The first-order valence-electron chi connectivity index (χ1n) is 6.60. The van der Waals surface area contributed by atoms with Gasteiger partial charge in [0.1, 0.15) is 5.75 Å². The average Bonchev–Trinajstić information content (AvgIpc) is 3.25. The maximum Gasteiger partial charge on any atom is 2.00 e. The first-order chi connectivity index (χ1) is 10.3. The number of ether oxygens (including phenoxy) is 1. The van der Waals surface area contributed by atoms with Crippen molar-refractivity contribution in [2.24, 2.45) is 5.16 Å². The molecule has 0 saturated heterocycles. The summed E-state index contributed by atoms with van der Waals surface area (Å²) in [4.78, 5) is 0. The molecule has 0 spiro atoms. The molecule has 3 aromatic rings. The molecular formula is C18H17FeNO2. The van der Waals surface area contributed by atoms with Crippen LogP contribution >= 0.6 is 0 Å². The number of rotatable bonds is 3. The quantitative estimate of drug-likeness (QED) is 0.258. The van der Waals surface area contributed by atoms with Crippen molar-refractivity contribution in [1.82, 2.24) is 0 Å². The smallest absolute Gasteiger partial charge is 0.497 e. The second-order valence-corrected chi connectivity index (χ2v) is 4.31. The van der Waals surface area contributed by atoms with E-state index in [1.165, 1.54) is 0 Å². The van der Waals surface area contributed by atoms with Crippen molar-refractivity contribution in [3.8, 4) is 5.75 Å². The molecule has 22 heavy (non-hydrogen) atoms. The third-order valence-corrected chi connectivity index (χ3v) is 2.96. The van der Waals surface area contributed by atoms with Crippen molar-refractivity contribution in [2.45, 2.75) is 0 Å². The van der Waals surface area contributed by atoms with Crippen molar-refractivity contribution in [3.05, 3.63) is 90.0 Å². The molecule has 0 aliphatic carbocycles. The van der Waals surface area contributed by atoms with Crippen molar-refractivity contribution in [1.29, 1.82) is 0 Å². The fraction of sp³-hybridized carbons (Fsp3) is 0.0556. The fourth-order valence-electron chi connectivity index (χ4n) is 1.88. The van der Waals surface area contributed by atoms with Crippen LogP contribution in [-0.4, -0.2) is 18.0 Å². The molecular weight excluding hydrogens is 318 g/mol. The summed E-state index contributed by atoms with van der Waals surface area (Å²) in [5.41, 5.74) is 2.31. The summed E-state index contributed by atoms with van der Waals surface area (Å²) in [6.07, 6.45) is 0. The maximum absolute atomic E-state index is 9.03. The number of benzene rings is 1. The number of hydrogen-bond acceptors (Lipinski definition) is 3. The van der Waals surface area contributed by atoms with Crippen molar-refractivity contribution in [3.63, 3.8) is 0 Å². The fourth-order valence-corrected chi connectivity index (χ4v) is 1.88. The standard InChI is InChI=1S/C13H12NO2.C5H5.Fe/c1-16-12-8-6-11(7-9-12)13(14-15)10-4-2-3-5-10;1-2-4-5-3-1;/h2-9,15H,1H3;1-5H;/q2*-1;+2. The minimum absolute atomic E-state index is 0. The molecule has 0 bridgehead atoms. The summed E-state index contributed by atoms with van der Waals surface area (Å²) in [7, 11) is 1.62. The van der Waals surface area contributed by atoms with Crippen LogP contribution in [0.1, 0.15) is 11.1 Å². The van der Waals surface area contributed by atoms with Gasteiger partial charge in [0, 0.05) is 5.71 Å². The van der Waals surface area contributed by atoms with Crippen molar-refractivity contribution >= 4 is 5.71 Å². The van der Waals surface area contributed by atoms with Crippen LogP contribution in [0.2, 0.25) is 0 Å². The Balaban J connectivity index is 0.000000344. The van der Waals surface area contributed by atoms with E-state index < -0.39 is 0 Å². The second-order valence-electron chi connectivity index (χ2n) is 4.31. The summed E-state index contributed by atoms with van der Waals surface area (Å²) in [6, 6.07) is 25.0. The Morgan fingerprint density at radius 3 is 2.05 bits per heavy atom. The number of oxime groups is 1. The zero-order valence-corrected chi connectivity index (χ0v) is 13.3. The van der Waals surface area contributed by atoms with Gasteiger partial charge in [-0.1, -0.05) is 23.3 Å². The van der Waals surface area contributed by atoms with Crippen LogP contribution in [0.15, 0.2) is 84.0 Å². The van der Waals surface area contributed by atoms with Gasteiger partial charge in [0.05, 0.1) is 7.11 Å². The van der Waals surface area contributed by atoms with Crippen LogP contribution in [0.4, 0.5) is 0 Å². The van der Waals surface area contributed by atoms with Gasteiger partial charge in [0.2, 0.25) is 0 Å². The second kappa shape index (κ2) is 9.61. The molecule has 3 rings (SSSR count). The molecule has 0 atom stereocenters. The van der Waals surface area contributed by atoms with E-state index in [9.17, 15) is 0 Å². The number of hydrogen-bond donors (Lipinski definition) is 1. The monoisotopic (exact) mass is 335 g/mol. The predicted octanol–water partition coefficient (Wildman–Crippen LogP) is 4.04. The predicted molar refractivity (Wildman–Crippen MR) is 84.5 cm³/mol. The van der Waals surface area contributed by atoms with Gasteiger partial charge in [-0.2, -0.15) is 30.3 Å². The molecule has 3 aromatic carbocycles. The summed E-state index contributed by atoms with van der Waals surface area (Å²) in [6.45, 7) is 0. The van der Waals surface area contributed by atoms with Crippen LogP contribution in [0.5, 0.6) is 5.75 Å². The summed E-state index contributed by atoms with van der Waals surface area (Å²) in [5.74, 6) is 0.781. The Labute approximate surface area is 141 Å². The van der Waals surface area contributed by atoms with Crippen LogP contribution in [0.3, 0.4) is 0 Å². The van der Waals surface area contributed by atoms with Gasteiger partial charge in [-0.15, -0.1) is 17.3 Å². The molecule has 3 nitrogen and oxygen atoms in total. The van der Waals surface area contributed by atoms with E-state index in [1.54, 1.807) is 7.11 Å². The molecule has 1 N–H and O–H groups in total. The molecule has 0 amide bonds. The zero-order chi connectivity index (χ0) is 14.9.